The SMILES string of the molecule is COCCCCNC(=O)CC(CN)CC(C)C. The minimum Gasteiger partial charge on any atom is -0.385 e. The summed E-state index contributed by atoms with van der Waals surface area (Å²) in [7, 11) is 1.69. The van der Waals surface area contributed by atoms with Crippen LogP contribution in [0.3, 0.4) is 0 Å². The van der Waals surface area contributed by atoms with Gasteiger partial charge in [0, 0.05) is 26.7 Å². The number of methoxy groups -OCH3 is 1. The van der Waals surface area contributed by atoms with Gasteiger partial charge in [0.25, 0.3) is 0 Å². The highest BCUT2D eigenvalue weighted by atomic mass is 16.5. The highest BCUT2D eigenvalue weighted by molar-refractivity contribution is 5.76. The summed E-state index contributed by atoms with van der Waals surface area (Å²) >= 11 is 0. The van der Waals surface area contributed by atoms with Gasteiger partial charge in [-0.05, 0) is 37.6 Å². The van der Waals surface area contributed by atoms with Crippen LogP contribution >= 0.6 is 0 Å². The zero-order valence-corrected chi connectivity index (χ0v) is 11.5. The lowest BCUT2D eigenvalue weighted by Gasteiger charge is -2.16. The van der Waals surface area contributed by atoms with Crippen LogP contribution in [0.1, 0.15) is 39.5 Å². The van der Waals surface area contributed by atoms with Crippen LogP contribution in [0.2, 0.25) is 0 Å². The van der Waals surface area contributed by atoms with Gasteiger partial charge in [-0.2, -0.15) is 0 Å². The third-order valence-corrected chi connectivity index (χ3v) is 2.71. The predicted octanol–water partition coefficient (Wildman–Crippen LogP) is 1.54. The molecule has 0 radical (unpaired) electrons. The molecule has 4 nitrogen and oxygen atoms in total. The van der Waals surface area contributed by atoms with E-state index in [0.29, 0.717) is 24.8 Å². The van der Waals surface area contributed by atoms with E-state index < -0.39 is 0 Å². The Morgan fingerprint density at radius 3 is 2.59 bits per heavy atom. The number of carbonyl (C=O) groups excluding carboxylic acids is 1. The largest absolute Gasteiger partial charge is 0.385 e. The molecule has 0 aliphatic rings. The van der Waals surface area contributed by atoms with Crippen molar-refractivity contribution in [3.63, 3.8) is 0 Å². The third-order valence-electron chi connectivity index (χ3n) is 2.71. The fraction of sp³-hybridized carbons (Fsp3) is 0.923. The van der Waals surface area contributed by atoms with Gasteiger partial charge in [-0.1, -0.05) is 13.8 Å². The van der Waals surface area contributed by atoms with Crippen molar-refractivity contribution in [1.82, 2.24) is 5.32 Å². The van der Waals surface area contributed by atoms with Gasteiger partial charge in [0.1, 0.15) is 0 Å². The molecule has 0 saturated heterocycles. The van der Waals surface area contributed by atoms with Crippen LogP contribution in [0.25, 0.3) is 0 Å². The summed E-state index contributed by atoms with van der Waals surface area (Å²) in [6.45, 7) is 6.40. The summed E-state index contributed by atoms with van der Waals surface area (Å²) in [5.41, 5.74) is 5.67. The number of carbonyl (C=O) groups is 1. The lowest BCUT2D eigenvalue weighted by molar-refractivity contribution is -0.122. The second-order valence-corrected chi connectivity index (χ2v) is 4.99. The van der Waals surface area contributed by atoms with E-state index in [1.54, 1.807) is 7.11 Å². The molecule has 0 aromatic heterocycles. The molecule has 102 valence electrons. The van der Waals surface area contributed by atoms with E-state index in [9.17, 15) is 4.79 Å². The normalized spacial score (nSPS) is 12.8. The summed E-state index contributed by atoms with van der Waals surface area (Å²) in [5.74, 6) is 1.03. The number of hydrogen-bond donors (Lipinski definition) is 2. The molecule has 3 N–H and O–H groups in total. The monoisotopic (exact) mass is 244 g/mol. The maximum atomic E-state index is 11.6. The number of rotatable bonds is 10. The van der Waals surface area contributed by atoms with Crippen molar-refractivity contribution in [2.75, 3.05) is 26.8 Å². The topological polar surface area (TPSA) is 64.3 Å². The van der Waals surface area contributed by atoms with Crippen molar-refractivity contribution >= 4 is 5.91 Å². The van der Waals surface area contributed by atoms with E-state index in [1.165, 1.54) is 0 Å². The molecule has 17 heavy (non-hydrogen) atoms. The van der Waals surface area contributed by atoms with Gasteiger partial charge in [-0.15, -0.1) is 0 Å². The van der Waals surface area contributed by atoms with Crippen LogP contribution in [-0.4, -0.2) is 32.7 Å². The molecular weight excluding hydrogens is 216 g/mol. The number of unbranched alkanes of at least 4 members (excludes halogenated alkanes) is 1. The molecule has 1 amide bonds. The molecule has 0 aromatic carbocycles. The van der Waals surface area contributed by atoms with E-state index >= 15 is 0 Å². The van der Waals surface area contributed by atoms with Crippen LogP contribution in [0.4, 0.5) is 0 Å². The Morgan fingerprint density at radius 2 is 2.06 bits per heavy atom. The van der Waals surface area contributed by atoms with Gasteiger partial charge in [0.15, 0.2) is 0 Å². The van der Waals surface area contributed by atoms with Crippen molar-refractivity contribution in [1.29, 1.82) is 0 Å². The summed E-state index contributed by atoms with van der Waals surface area (Å²) in [4.78, 5) is 11.6. The number of nitrogens with one attached hydrogen (secondary N) is 1. The summed E-state index contributed by atoms with van der Waals surface area (Å²) in [6.07, 6.45) is 3.53. The molecule has 0 saturated carbocycles. The first kappa shape index (κ1) is 16.4. The summed E-state index contributed by atoms with van der Waals surface area (Å²) in [5, 5.41) is 2.93. The molecule has 0 fully saturated rings. The van der Waals surface area contributed by atoms with Gasteiger partial charge in [-0.25, -0.2) is 0 Å². The predicted molar refractivity (Wildman–Crippen MR) is 70.7 cm³/mol. The zero-order valence-electron chi connectivity index (χ0n) is 11.5. The maximum Gasteiger partial charge on any atom is 0.220 e. The third kappa shape index (κ3) is 10.3. The number of hydrogen-bond acceptors (Lipinski definition) is 3. The Kier molecular flexibility index (Phi) is 10.2. The Hall–Kier alpha value is -0.610. The Bertz CT molecular complexity index is 196. The van der Waals surface area contributed by atoms with Crippen LogP contribution in [0.15, 0.2) is 0 Å². The van der Waals surface area contributed by atoms with Crippen molar-refractivity contribution in [3.8, 4) is 0 Å². The summed E-state index contributed by atoms with van der Waals surface area (Å²) in [6, 6.07) is 0. The van der Waals surface area contributed by atoms with Crippen molar-refractivity contribution in [3.05, 3.63) is 0 Å². The lowest BCUT2D eigenvalue weighted by Crippen LogP contribution is -2.29. The van der Waals surface area contributed by atoms with Crippen molar-refractivity contribution in [2.45, 2.75) is 39.5 Å². The molecule has 0 spiro atoms. The van der Waals surface area contributed by atoms with Crippen molar-refractivity contribution < 1.29 is 9.53 Å². The first-order chi connectivity index (χ1) is 8.10. The summed E-state index contributed by atoms with van der Waals surface area (Å²) < 4.78 is 4.95. The average molecular weight is 244 g/mol. The molecule has 1 unspecified atom stereocenters. The second-order valence-electron chi connectivity index (χ2n) is 4.99. The maximum absolute atomic E-state index is 11.6. The Morgan fingerprint density at radius 1 is 1.35 bits per heavy atom. The van der Waals surface area contributed by atoms with E-state index in [4.69, 9.17) is 10.5 Å². The molecule has 0 aromatic rings. The quantitative estimate of drug-likeness (QED) is 0.573. The average Bonchev–Trinajstić information content (AvgIpc) is 2.27. The van der Waals surface area contributed by atoms with Gasteiger partial charge in [0.05, 0.1) is 0 Å². The minimum atomic E-state index is 0.124. The van der Waals surface area contributed by atoms with Gasteiger partial charge in [-0.3, -0.25) is 4.79 Å². The molecule has 0 rings (SSSR count). The minimum absolute atomic E-state index is 0.124. The van der Waals surface area contributed by atoms with Crippen LogP contribution in [0, 0.1) is 11.8 Å². The molecule has 0 aliphatic carbocycles. The van der Waals surface area contributed by atoms with E-state index in [-0.39, 0.29) is 5.91 Å². The Labute approximate surface area is 105 Å². The standard InChI is InChI=1S/C13H28N2O2/c1-11(2)8-12(10-14)9-13(16)15-6-4-5-7-17-3/h11-12H,4-10,14H2,1-3H3,(H,15,16). The molecule has 4 heteroatoms. The van der Waals surface area contributed by atoms with Crippen LogP contribution in [0.5, 0.6) is 0 Å². The Balaban J connectivity index is 3.61. The highest BCUT2D eigenvalue weighted by Gasteiger charge is 2.13. The smallest absolute Gasteiger partial charge is 0.220 e. The molecule has 0 aliphatic heterocycles. The van der Waals surface area contributed by atoms with E-state index in [2.05, 4.69) is 19.2 Å². The number of ether oxygens (including phenoxy) is 1. The van der Waals surface area contributed by atoms with Crippen LogP contribution in [-0.2, 0) is 9.53 Å². The molecule has 0 heterocycles. The zero-order chi connectivity index (χ0) is 13.1. The van der Waals surface area contributed by atoms with Gasteiger partial charge in [0.2, 0.25) is 5.91 Å². The molecular formula is C13H28N2O2. The fourth-order valence-corrected chi connectivity index (χ4v) is 1.86. The van der Waals surface area contributed by atoms with E-state index in [0.717, 1.165) is 32.4 Å². The number of amides is 1. The first-order valence-corrected chi connectivity index (χ1v) is 6.55. The van der Waals surface area contributed by atoms with E-state index in [1.807, 2.05) is 0 Å². The highest BCUT2D eigenvalue weighted by Crippen LogP contribution is 2.13. The first-order valence-electron chi connectivity index (χ1n) is 6.55. The fourth-order valence-electron chi connectivity index (χ4n) is 1.86. The van der Waals surface area contributed by atoms with Gasteiger partial charge < -0.3 is 15.8 Å². The second kappa shape index (κ2) is 10.5. The molecule has 1 atom stereocenters. The number of nitrogens with two attached hydrogens (primary N) is 1. The van der Waals surface area contributed by atoms with Crippen molar-refractivity contribution in [2.24, 2.45) is 17.6 Å². The lowest BCUT2D eigenvalue weighted by atomic mass is 9.94. The van der Waals surface area contributed by atoms with Gasteiger partial charge >= 0.3 is 0 Å². The molecule has 0 bridgehead atoms. The van der Waals surface area contributed by atoms with Crippen LogP contribution < -0.4 is 11.1 Å².